The number of carbonyl (C=O) groups is 1. The number of hydrogen-bond donors (Lipinski definition) is 2. The van der Waals surface area contributed by atoms with Crippen LogP contribution in [-0.4, -0.2) is 68.5 Å². The van der Waals surface area contributed by atoms with E-state index in [1.807, 2.05) is 27.2 Å². The molecule has 0 aliphatic heterocycles. The maximum atomic E-state index is 12.8. The van der Waals surface area contributed by atoms with Gasteiger partial charge >= 0.3 is 0 Å². The Bertz CT molecular complexity index is 1230. The van der Waals surface area contributed by atoms with E-state index in [2.05, 4.69) is 104 Å². The molecule has 0 aromatic heterocycles. The smallest absolute Gasteiger partial charge is 0.268 e. The van der Waals surface area contributed by atoms with E-state index in [0.29, 0.717) is 17.4 Å². The molecule has 320 valence electrons. The van der Waals surface area contributed by atoms with Crippen molar-refractivity contribution >= 4 is 13.7 Å². The summed E-state index contributed by atoms with van der Waals surface area (Å²) in [4.78, 5) is 25.3. The summed E-state index contributed by atoms with van der Waals surface area (Å²) in [6.45, 7) is 4.42. The zero-order valence-corrected chi connectivity index (χ0v) is 36.9. The quantitative estimate of drug-likeness (QED) is 0.0280. The van der Waals surface area contributed by atoms with Crippen LogP contribution in [0.1, 0.15) is 142 Å². The number of quaternary nitrogens is 1. The van der Waals surface area contributed by atoms with Crippen molar-refractivity contribution < 1.29 is 32.9 Å². The molecular formula is C47H81N2O6P. The summed E-state index contributed by atoms with van der Waals surface area (Å²) in [5.41, 5.74) is 0. The van der Waals surface area contributed by atoms with Gasteiger partial charge in [-0.15, -0.1) is 0 Å². The highest BCUT2D eigenvalue weighted by Crippen LogP contribution is 2.38. The number of phosphoric acid groups is 1. The van der Waals surface area contributed by atoms with Gasteiger partial charge in [0.15, 0.2) is 0 Å². The number of phosphoric ester groups is 1. The number of unbranched alkanes of at least 4 members (excludes halogenated alkanes) is 10. The van der Waals surface area contributed by atoms with Gasteiger partial charge in [-0.05, 0) is 89.9 Å². The maximum absolute atomic E-state index is 12.8. The van der Waals surface area contributed by atoms with Crippen molar-refractivity contribution in [2.75, 3.05) is 40.9 Å². The Labute approximate surface area is 343 Å². The van der Waals surface area contributed by atoms with Crippen molar-refractivity contribution in [2.45, 2.75) is 154 Å². The zero-order chi connectivity index (χ0) is 41.4. The second-order valence-electron chi connectivity index (χ2n) is 15.3. The van der Waals surface area contributed by atoms with Crippen LogP contribution in [0.4, 0.5) is 0 Å². The Morgan fingerprint density at radius 1 is 0.643 bits per heavy atom. The zero-order valence-electron chi connectivity index (χ0n) is 36.0. The molecule has 0 spiro atoms. The first-order valence-electron chi connectivity index (χ1n) is 21.6. The second-order valence-corrected chi connectivity index (χ2v) is 16.7. The summed E-state index contributed by atoms with van der Waals surface area (Å²) in [6.07, 6.45) is 53.1. The molecule has 0 heterocycles. The fourth-order valence-corrected chi connectivity index (χ4v) is 6.05. The van der Waals surface area contributed by atoms with Crippen LogP contribution >= 0.6 is 7.82 Å². The first-order valence-corrected chi connectivity index (χ1v) is 23.1. The molecule has 0 aliphatic carbocycles. The van der Waals surface area contributed by atoms with Gasteiger partial charge in [-0.25, -0.2) is 0 Å². The van der Waals surface area contributed by atoms with Crippen LogP contribution in [0.2, 0.25) is 0 Å². The van der Waals surface area contributed by atoms with Gasteiger partial charge in [0.2, 0.25) is 5.91 Å². The fourth-order valence-electron chi connectivity index (χ4n) is 5.32. The standard InChI is InChI=1S/C47H81N2O6P/c1-6-8-10-12-14-16-18-20-22-23-24-25-27-29-31-33-35-37-39-41-47(51)48-45(44-55-56(52,53)54-43-42-49(3,4)5)46(50)40-38-36-34-32-30-28-26-21-19-17-15-13-11-9-7-2/h8,10,14,16,19-22,24-25,29-32,38,40,45-46,50H,6-7,9,11-13,15,17-18,23,26-28,33-37,39,41-44H2,1-5H3,(H-,48,51,52,53)/b10-8-,16-14-,21-19+,22-20-,25-24-,31-29-,32-30+,40-38+. The molecule has 0 aromatic carbocycles. The fraction of sp³-hybridized carbons (Fsp3) is 0.638. The number of carbonyl (C=O) groups excluding carboxylic acids is 1. The van der Waals surface area contributed by atoms with E-state index in [1.54, 1.807) is 6.08 Å². The minimum absolute atomic E-state index is 0.0215. The number of nitrogens with one attached hydrogen (secondary N) is 1. The minimum Gasteiger partial charge on any atom is -0.756 e. The van der Waals surface area contributed by atoms with Gasteiger partial charge in [0.25, 0.3) is 7.82 Å². The largest absolute Gasteiger partial charge is 0.756 e. The monoisotopic (exact) mass is 801 g/mol. The summed E-state index contributed by atoms with van der Waals surface area (Å²) in [7, 11) is 1.19. The third-order valence-electron chi connectivity index (χ3n) is 8.76. The summed E-state index contributed by atoms with van der Waals surface area (Å²) in [5.74, 6) is -0.249. The predicted octanol–water partition coefficient (Wildman–Crippen LogP) is 11.3. The third kappa shape index (κ3) is 39.6. The molecular weight excluding hydrogens is 719 g/mol. The normalized spacial score (nSPS) is 15.3. The molecule has 56 heavy (non-hydrogen) atoms. The summed E-state index contributed by atoms with van der Waals surface area (Å²) in [6, 6.07) is -0.932. The lowest BCUT2D eigenvalue weighted by Crippen LogP contribution is -2.45. The first-order chi connectivity index (χ1) is 27.0. The van der Waals surface area contributed by atoms with E-state index in [0.717, 1.165) is 83.5 Å². The number of allylic oxidation sites excluding steroid dienone is 15. The average Bonchev–Trinajstić information content (AvgIpc) is 3.15. The number of aliphatic hydroxyl groups excluding tert-OH is 1. The summed E-state index contributed by atoms with van der Waals surface area (Å²) >= 11 is 0. The number of aliphatic hydroxyl groups is 1. The molecule has 0 saturated heterocycles. The summed E-state index contributed by atoms with van der Waals surface area (Å²) in [5, 5.41) is 13.7. The van der Waals surface area contributed by atoms with Crippen LogP contribution in [0, 0.1) is 0 Å². The molecule has 0 radical (unpaired) electrons. The highest BCUT2D eigenvalue weighted by molar-refractivity contribution is 7.45. The second kappa shape index (κ2) is 38.0. The third-order valence-corrected chi connectivity index (χ3v) is 9.72. The van der Waals surface area contributed by atoms with Crippen molar-refractivity contribution in [1.82, 2.24) is 5.32 Å². The number of rotatable bonds is 37. The van der Waals surface area contributed by atoms with Crippen molar-refractivity contribution in [2.24, 2.45) is 0 Å². The van der Waals surface area contributed by atoms with Crippen LogP contribution in [0.15, 0.2) is 97.2 Å². The van der Waals surface area contributed by atoms with Crippen LogP contribution in [0.3, 0.4) is 0 Å². The Morgan fingerprint density at radius 2 is 1.11 bits per heavy atom. The lowest BCUT2D eigenvalue weighted by molar-refractivity contribution is -0.870. The Morgan fingerprint density at radius 3 is 1.64 bits per heavy atom. The Hall–Kier alpha value is -2.58. The van der Waals surface area contributed by atoms with Gasteiger partial charge in [-0.2, -0.15) is 0 Å². The van der Waals surface area contributed by atoms with E-state index in [4.69, 9.17) is 9.05 Å². The lowest BCUT2D eigenvalue weighted by Gasteiger charge is -2.29. The molecule has 0 rings (SSSR count). The molecule has 0 aliphatic rings. The van der Waals surface area contributed by atoms with E-state index >= 15 is 0 Å². The van der Waals surface area contributed by atoms with Crippen LogP contribution in [0.25, 0.3) is 0 Å². The highest BCUT2D eigenvalue weighted by Gasteiger charge is 2.23. The molecule has 0 saturated carbocycles. The van der Waals surface area contributed by atoms with Gasteiger partial charge in [-0.1, -0.05) is 143 Å². The minimum atomic E-state index is -4.61. The molecule has 3 unspecified atom stereocenters. The molecule has 2 N–H and O–H groups in total. The lowest BCUT2D eigenvalue weighted by atomic mass is 10.1. The van der Waals surface area contributed by atoms with Gasteiger partial charge in [0, 0.05) is 6.42 Å². The van der Waals surface area contributed by atoms with Gasteiger partial charge < -0.3 is 28.8 Å². The molecule has 0 aromatic rings. The van der Waals surface area contributed by atoms with Crippen LogP contribution in [-0.2, 0) is 18.4 Å². The van der Waals surface area contributed by atoms with Crippen molar-refractivity contribution in [3.05, 3.63) is 97.2 Å². The topological polar surface area (TPSA) is 108 Å². The summed E-state index contributed by atoms with van der Waals surface area (Å²) < 4.78 is 23.1. The maximum Gasteiger partial charge on any atom is 0.268 e. The van der Waals surface area contributed by atoms with E-state index in [-0.39, 0.29) is 18.9 Å². The molecule has 0 fully saturated rings. The van der Waals surface area contributed by atoms with Crippen molar-refractivity contribution in [3.8, 4) is 0 Å². The van der Waals surface area contributed by atoms with Crippen LogP contribution in [0.5, 0.6) is 0 Å². The molecule has 0 bridgehead atoms. The number of hydrogen-bond acceptors (Lipinski definition) is 6. The van der Waals surface area contributed by atoms with Crippen molar-refractivity contribution in [1.29, 1.82) is 0 Å². The Balaban J connectivity index is 4.61. The molecule has 8 nitrogen and oxygen atoms in total. The highest BCUT2D eigenvalue weighted by atomic mass is 31.2. The van der Waals surface area contributed by atoms with Gasteiger partial charge in [-0.3, -0.25) is 9.36 Å². The van der Waals surface area contributed by atoms with Crippen molar-refractivity contribution in [3.63, 3.8) is 0 Å². The molecule has 9 heteroatoms. The average molecular weight is 801 g/mol. The van der Waals surface area contributed by atoms with E-state index < -0.39 is 26.6 Å². The predicted molar refractivity (Wildman–Crippen MR) is 237 cm³/mol. The number of likely N-dealkylation sites (N-methyl/N-ethyl adjacent to an activating group) is 1. The first kappa shape index (κ1) is 53.4. The van der Waals surface area contributed by atoms with Gasteiger partial charge in [0.1, 0.15) is 13.2 Å². The Kier molecular flexibility index (Phi) is 36.2. The number of nitrogens with zero attached hydrogens (tertiary/aromatic N) is 1. The van der Waals surface area contributed by atoms with Crippen LogP contribution < -0.4 is 10.2 Å². The SMILES string of the molecule is CC/C=C\C/C=C\C/C=C\C/C=C\C/C=C\CCCCCC(=O)NC(COP(=O)([O-])OCC[N+](C)(C)C)C(O)/C=C/CC/C=C/CC/C=C/CCCCCCC. The molecule has 1 amide bonds. The number of amides is 1. The molecule has 3 atom stereocenters. The van der Waals surface area contributed by atoms with E-state index in [9.17, 15) is 19.4 Å². The van der Waals surface area contributed by atoms with Gasteiger partial charge in [0.05, 0.1) is 39.9 Å². The van der Waals surface area contributed by atoms with E-state index in [1.165, 1.54) is 32.1 Å².